The Morgan fingerprint density at radius 1 is 0.509 bits per heavy atom. The highest BCUT2D eigenvalue weighted by molar-refractivity contribution is 9.10. The Labute approximate surface area is 338 Å². The van der Waals surface area contributed by atoms with Crippen LogP contribution in [-0.4, -0.2) is 19.1 Å². The van der Waals surface area contributed by atoms with E-state index in [9.17, 15) is 0 Å². The first kappa shape index (κ1) is 35.5. The Hall–Kier alpha value is -5.24. The number of aromatic nitrogens is 4. The molecule has 5 aromatic carbocycles. The molecule has 4 heterocycles. The number of fused-ring (bicyclic) bond motifs is 6. The van der Waals surface area contributed by atoms with Gasteiger partial charge in [-0.1, -0.05) is 109 Å². The minimum Gasteiger partial charge on any atom is -0.355 e. The number of anilines is 2. The minimum atomic E-state index is -0.179. The van der Waals surface area contributed by atoms with E-state index in [1.165, 1.54) is 38.2 Å². The standard InChI is InChI=1S/C48H41Br2N5/c1-47(2,3)31-19-21-51-45(24-31)55-42-18-13-30(23-40(42)39-16-14-34(50)27-43(39)55)29-48(4,5)32-20-22-52-46(25-32)54-41-12-7-6-11-37(41)38-17-15-36(28-44(38)54)53-35-10-8-9-33(49)26-35/h6-28,53H,29H2,1-5H3. The molecule has 0 saturated carbocycles. The molecule has 272 valence electrons. The molecule has 0 aliphatic heterocycles. The maximum absolute atomic E-state index is 4.99. The van der Waals surface area contributed by atoms with Crippen molar-refractivity contribution < 1.29 is 0 Å². The number of rotatable bonds is 7. The zero-order valence-electron chi connectivity index (χ0n) is 31.5. The van der Waals surface area contributed by atoms with E-state index < -0.39 is 0 Å². The summed E-state index contributed by atoms with van der Waals surface area (Å²) in [5, 5.41) is 8.44. The summed E-state index contributed by atoms with van der Waals surface area (Å²) in [5.74, 6) is 1.84. The number of nitrogens with one attached hydrogen (secondary N) is 1. The van der Waals surface area contributed by atoms with Gasteiger partial charge in [0.25, 0.3) is 0 Å². The van der Waals surface area contributed by atoms with Crippen LogP contribution in [0.2, 0.25) is 0 Å². The lowest BCUT2D eigenvalue weighted by atomic mass is 9.79. The summed E-state index contributed by atoms with van der Waals surface area (Å²) < 4.78 is 6.69. The highest BCUT2D eigenvalue weighted by atomic mass is 79.9. The second-order valence-electron chi connectivity index (χ2n) is 16.2. The molecule has 0 aliphatic carbocycles. The van der Waals surface area contributed by atoms with Gasteiger partial charge >= 0.3 is 0 Å². The third kappa shape index (κ3) is 6.53. The summed E-state index contributed by atoms with van der Waals surface area (Å²) >= 11 is 7.35. The van der Waals surface area contributed by atoms with Crippen LogP contribution in [-0.2, 0) is 17.3 Å². The number of benzene rings is 5. The Kier molecular flexibility index (Phi) is 8.71. The highest BCUT2D eigenvalue weighted by Gasteiger charge is 2.25. The van der Waals surface area contributed by atoms with Crippen molar-refractivity contribution in [2.45, 2.75) is 51.9 Å². The van der Waals surface area contributed by atoms with Gasteiger partial charge < -0.3 is 5.32 Å². The molecule has 0 atom stereocenters. The van der Waals surface area contributed by atoms with Crippen LogP contribution < -0.4 is 5.32 Å². The molecule has 1 N–H and O–H groups in total. The zero-order chi connectivity index (χ0) is 38.1. The first-order valence-corrected chi connectivity index (χ1v) is 20.2. The van der Waals surface area contributed by atoms with Crippen LogP contribution in [0.15, 0.2) is 149 Å². The Bertz CT molecular complexity index is 2930. The lowest BCUT2D eigenvalue weighted by Gasteiger charge is -2.26. The smallest absolute Gasteiger partial charge is 0.137 e. The SMILES string of the molecule is CC(C)(C)c1ccnc(-n2c3ccc(CC(C)(C)c4ccnc(-n5c6ccccc6c6ccc(Nc7cccc(Br)c7)cc65)c4)cc3c3ccc(Br)cc32)c1. The molecular formula is C48H41Br2N5. The molecule has 0 radical (unpaired) electrons. The number of para-hydroxylation sites is 1. The zero-order valence-corrected chi connectivity index (χ0v) is 34.7. The van der Waals surface area contributed by atoms with Crippen molar-refractivity contribution in [1.82, 2.24) is 19.1 Å². The van der Waals surface area contributed by atoms with E-state index in [0.717, 1.165) is 60.4 Å². The molecule has 5 nitrogen and oxygen atoms in total. The van der Waals surface area contributed by atoms with Gasteiger partial charge in [-0.25, -0.2) is 9.97 Å². The predicted octanol–water partition coefficient (Wildman–Crippen LogP) is 13.8. The molecule has 0 bridgehead atoms. The summed E-state index contributed by atoms with van der Waals surface area (Å²) in [4.78, 5) is 9.86. The lowest BCUT2D eigenvalue weighted by Crippen LogP contribution is -2.21. The van der Waals surface area contributed by atoms with Gasteiger partial charge in [-0.2, -0.15) is 0 Å². The maximum atomic E-state index is 4.99. The van der Waals surface area contributed by atoms with E-state index in [1.807, 2.05) is 24.5 Å². The van der Waals surface area contributed by atoms with E-state index in [0.29, 0.717) is 0 Å². The van der Waals surface area contributed by atoms with E-state index in [-0.39, 0.29) is 10.8 Å². The summed E-state index contributed by atoms with van der Waals surface area (Å²) in [6, 6.07) is 45.8. The summed E-state index contributed by atoms with van der Waals surface area (Å²) in [7, 11) is 0. The fourth-order valence-corrected chi connectivity index (χ4v) is 8.76. The molecule has 0 spiro atoms. The monoisotopic (exact) mass is 845 g/mol. The van der Waals surface area contributed by atoms with Gasteiger partial charge in [-0.3, -0.25) is 9.13 Å². The minimum absolute atomic E-state index is 0.0184. The summed E-state index contributed by atoms with van der Waals surface area (Å²) in [6.07, 6.45) is 4.76. The number of hydrogen-bond donors (Lipinski definition) is 1. The Morgan fingerprint density at radius 2 is 1.13 bits per heavy atom. The Morgan fingerprint density at radius 3 is 1.89 bits per heavy atom. The van der Waals surface area contributed by atoms with Gasteiger partial charge in [0.2, 0.25) is 0 Å². The molecule has 0 saturated heterocycles. The highest BCUT2D eigenvalue weighted by Crippen LogP contribution is 2.38. The summed E-state index contributed by atoms with van der Waals surface area (Å²) in [6.45, 7) is 11.4. The fraction of sp³-hybridized carbons (Fsp3) is 0.167. The van der Waals surface area contributed by atoms with E-state index >= 15 is 0 Å². The van der Waals surface area contributed by atoms with Crippen LogP contribution in [0.5, 0.6) is 0 Å². The van der Waals surface area contributed by atoms with E-state index in [1.54, 1.807) is 0 Å². The average molecular weight is 848 g/mol. The lowest BCUT2D eigenvalue weighted by molar-refractivity contribution is 0.521. The van der Waals surface area contributed by atoms with Crippen molar-refractivity contribution in [3.05, 3.63) is 165 Å². The number of pyridine rings is 2. The van der Waals surface area contributed by atoms with Crippen molar-refractivity contribution in [1.29, 1.82) is 0 Å². The second kappa shape index (κ2) is 13.5. The van der Waals surface area contributed by atoms with Crippen molar-refractivity contribution in [2.24, 2.45) is 0 Å². The molecule has 7 heteroatoms. The van der Waals surface area contributed by atoms with Gasteiger partial charge in [-0.15, -0.1) is 0 Å². The van der Waals surface area contributed by atoms with E-state index in [2.05, 4.69) is 196 Å². The van der Waals surface area contributed by atoms with Crippen molar-refractivity contribution in [3.63, 3.8) is 0 Å². The van der Waals surface area contributed by atoms with Gasteiger partial charge in [0, 0.05) is 54.3 Å². The fourth-order valence-electron chi connectivity index (χ4n) is 8.01. The molecule has 4 aromatic heterocycles. The molecule has 0 unspecified atom stereocenters. The average Bonchev–Trinajstić information content (AvgIpc) is 3.66. The third-order valence-corrected chi connectivity index (χ3v) is 11.8. The quantitative estimate of drug-likeness (QED) is 0.174. The van der Waals surface area contributed by atoms with Crippen LogP contribution in [0.4, 0.5) is 11.4 Å². The van der Waals surface area contributed by atoms with Crippen LogP contribution in [0.3, 0.4) is 0 Å². The molecular weight excluding hydrogens is 806 g/mol. The van der Waals surface area contributed by atoms with Gasteiger partial charge in [0.1, 0.15) is 11.6 Å². The molecule has 0 amide bonds. The van der Waals surface area contributed by atoms with Gasteiger partial charge in [-0.05, 0) is 119 Å². The first-order valence-electron chi connectivity index (χ1n) is 18.7. The molecule has 9 rings (SSSR count). The van der Waals surface area contributed by atoms with Crippen LogP contribution in [0.25, 0.3) is 55.2 Å². The number of halogens is 2. The van der Waals surface area contributed by atoms with Crippen molar-refractivity contribution >= 4 is 86.8 Å². The molecule has 55 heavy (non-hydrogen) atoms. The normalized spacial score (nSPS) is 12.3. The molecule has 9 aromatic rings. The van der Waals surface area contributed by atoms with Gasteiger partial charge in [0.05, 0.1) is 22.1 Å². The van der Waals surface area contributed by atoms with Crippen molar-refractivity contribution in [3.8, 4) is 11.6 Å². The molecule has 0 fully saturated rings. The van der Waals surface area contributed by atoms with Crippen LogP contribution in [0.1, 0.15) is 51.3 Å². The van der Waals surface area contributed by atoms with Gasteiger partial charge in [0.15, 0.2) is 0 Å². The number of nitrogens with zero attached hydrogens (tertiary/aromatic N) is 4. The molecule has 0 aliphatic rings. The first-order chi connectivity index (χ1) is 26.4. The van der Waals surface area contributed by atoms with E-state index in [4.69, 9.17) is 9.97 Å². The maximum Gasteiger partial charge on any atom is 0.137 e. The second-order valence-corrected chi connectivity index (χ2v) is 18.0. The predicted molar refractivity (Wildman–Crippen MR) is 238 cm³/mol. The van der Waals surface area contributed by atoms with Crippen LogP contribution in [0, 0.1) is 0 Å². The third-order valence-electron chi connectivity index (χ3n) is 10.8. The Balaban J connectivity index is 1.10. The van der Waals surface area contributed by atoms with Crippen LogP contribution >= 0.6 is 31.9 Å². The van der Waals surface area contributed by atoms with Crippen molar-refractivity contribution in [2.75, 3.05) is 5.32 Å². The number of hydrogen-bond acceptors (Lipinski definition) is 3. The largest absolute Gasteiger partial charge is 0.355 e. The topological polar surface area (TPSA) is 47.7 Å². The summed E-state index contributed by atoms with van der Waals surface area (Å²) in [5.41, 5.74) is 10.2.